The summed E-state index contributed by atoms with van der Waals surface area (Å²) in [4.78, 5) is 10.5. The molecule has 0 fully saturated rings. The molecular weight excluding hydrogens is 222 g/mol. The van der Waals surface area contributed by atoms with E-state index in [-0.39, 0.29) is 0 Å². The predicted molar refractivity (Wildman–Crippen MR) is 52.8 cm³/mol. The van der Waals surface area contributed by atoms with Crippen LogP contribution in [-0.4, -0.2) is 16.8 Å². The molecule has 0 aliphatic heterocycles. The average molecular weight is 228 g/mol. The summed E-state index contributed by atoms with van der Waals surface area (Å²) < 4.78 is 23.9. The number of thioether (sulfide) groups is 1. The summed E-state index contributed by atoms with van der Waals surface area (Å²) in [6, 6.07) is 5.95. The minimum atomic E-state index is -2.46. The van der Waals surface area contributed by atoms with Crippen LogP contribution in [0.25, 0.3) is 0 Å². The minimum Gasteiger partial charge on any atom is -0.472 e. The summed E-state index contributed by atoms with van der Waals surface area (Å²) in [5.74, 6) is 0.633. The molecule has 0 saturated carbocycles. The van der Waals surface area contributed by atoms with Crippen LogP contribution in [0.1, 0.15) is 5.56 Å². The van der Waals surface area contributed by atoms with E-state index in [0.29, 0.717) is 22.2 Å². The Labute approximate surface area is 89.3 Å². The molecule has 1 aromatic rings. The van der Waals surface area contributed by atoms with E-state index in [4.69, 9.17) is 5.11 Å². The molecule has 0 radical (unpaired) electrons. The van der Waals surface area contributed by atoms with Gasteiger partial charge >= 0.3 is 5.97 Å². The summed E-state index contributed by atoms with van der Waals surface area (Å²) in [5, 5.41) is 8.27. The maximum absolute atomic E-state index is 11.9. The summed E-state index contributed by atoms with van der Waals surface area (Å²) in [6.07, 6.45) is 0. The van der Waals surface area contributed by atoms with Crippen LogP contribution in [-0.2, 0) is 4.79 Å². The predicted octanol–water partition coefficient (Wildman–Crippen LogP) is 2.44. The van der Waals surface area contributed by atoms with Crippen molar-refractivity contribution >= 4 is 17.7 Å². The third-order valence-corrected chi connectivity index (χ3v) is 2.12. The number of halogens is 2. The number of alkyl halides is 2. The van der Waals surface area contributed by atoms with Gasteiger partial charge in [-0.1, -0.05) is 17.7 Å². The van der Waals surface area contributed by atoms with E-state index in [0.717, 1.165) is 0 Å². The first-order valence-electron chi connectivity index (χ1n) is 3.88. The topological polar surface area (TPSA) is 37.3 Å². The van der Waals surface area contributed by atoms with E-state index in [9.17, 15) is 13.6 Å². The third kappa shape index (κ3) is 4.47. The number of benzene rings is 1. The summed E-state index contributed by atoms with van der Waals surface area (Å²) in [5.41, 5.74) is 0.482. The number of aliphatic carboxylic acids is 1. The molecule has 2 nitrogen and oxygen atoms in total. The van der Waals surface area contributed by atoms with Crippen LogP contribution in [0.4, 0.5) is 8.78 Å². The van der Waals surface area contributed by atoms with Gasteiger partial charge in [0.25, 0.3) is 5.76 Å². The van der Waals surface area contributed by atoms with E-state index in [2.05, 4.69) is 5.92 Å². The second kappa shape index (κ2) is 5.37. The Kier molecular flexibility index (Phi) is 4.13. The molecule has 15 heavy (non-hydrogen) atoms. The lowest BCUT2D eigenvalue weighted by Gasteiger charge is -1.98. The van der Waals surface area contributed by atoms with E-state index >= 15 is 0 Å². The Morgan fingerprint density at radius 1 is 1.33 bits per heavy atom. The SMILES string of the molecule is O=C(O)C#Cc1ccc(SC(F)F)cc1. The number of hydrogen-bond donors (Lipinski definition) is 1. The highest BCUT2D eigenvalue weighted by Crippen LogP contribution is 2.24. The van der Waals surface area contributed by atoms with Crippen molar-refractivity contribution in [2.24, 2.45) is 0 Å². The average Bonchev–Trinajstić information content (AvgIpc) is 2.16. The second-order valence-electron chi connectivity index (χ2n) is 2.46. The molecular formula is C10H6F2O2S. The second-order valence-corrected chi connectivity index (χ2v) is 3.52. The number of carboxylic acid groups (broad SMARTS) is 1. The first-order chi connectivity index (χ1) is 7.08. The molecule has 0 saturated heterocycles. The van der Waals surface area contributed by atoms with Crippen molar-refractivity contribution in [1.29, 1.82) is 0 Å². The fourth-order valence-electron chi connectivity index (χ4n) is 0.845. The van der Waals surface area contributed by atoms with Gasteiger partial charge in [0, 0.05) is 16.4 Å². The summed E-state index contributed by atoms with van der Waals surface area (Å²) in [6.45, 7) is 0. The number of carbonyl (C=O) groups is 1. The van der Waals surface area contributed by atoms with Gasteiger partial charge in [-0.25, -0.2) is 4.79 Å². The molecule has 0 spiro atoms. The normalized spacial score (nSPS) is 9.53. The Morgan fingerprint density at radius 2 is 1.93 bits per heavy atom. The monoisotopic (exact) mass is 228 g/mol. The lowest BCUT2D eigenvalue weighted by Crippen LogP contribution is -1.87. The number of carboxylic acids is 1. The standard InChI is InChI=1S/C10H6F2O2S/c11-10(12)15-8-4-1-7(2-5-8)3-6-9(13)14/h1-2,4-5,10H,(H,13,14). The van der Waals surface area contributed by atoms with Crippen LogP contribution in [0.5, 0.6) is 0 Å². The van der Waals surface area contributed by atoms with E-state index in [1.807, 2.05) is 5.92 Å². The van der Waals surface area contributed by atoms with Crippen molar-refractivity contribution in [3.05, 3.63) is 29.8 Å². The van der Waals surface area contributed by atoms with Gasteiger partial charge in [0.1, 0.15) is 0 Å². The van der Waals surface area contributed by atoms with Crippen molar-refractivity contribution < 1.29 is 18.7 Å². The zero-order valence-corrected chi connectivity index (χ0v) is 8.22. The quantitative estimate of drug-likeness (QED) is 0.624. The molecule has 78 valence electrons. The Hall–Kier alpha value is -1.54. The molecule has 0 amide bonds. The van der Waals surface area contributed by atoms with Crippen molar-refractivity contribution in [3.8, 4) is 11.8 Å². The van der Waals surface area contributed by atoms with Crippen molar-refractivity contribution in [2.75, 3.05) is 0 Å². The van der Waals surface area contributed by atoms with Gasteiger partial charge in [-0.3, -0.25) is 0 Å². The highest BCUT2D eigenvalue weighted by molar-refractivity contribution is 7.99. The number of hydrogen-bond acceptors (Lipinski definition) is 2. The van der Waals surface area contributed by atoms with E-state index in [1.165, 1.54) is 24.3 Å². The van der Waals surface area contributed by atoms with Crippen LogP contribution >= 0.6 is 11.8 Å². The molecule has 1 aromatic carbocycles. The van der Waals surface area contributed by atoms with Gasteiger partial charge in [0.2, 0.25) is 0 Å². The Morgan fingerprint density at radius 3 is 2.40 bits per heavy atom. The van der Waals surface area contributed by atoms with Crippen molar-refractivity contribution in [2.45, 2.75) is 10.7 Å². The lowest BCUT2D eigenvalue weighted by atomic mass is 10.2. The van der Waals surface area contributed by atoms with Crippen LogP contribution in [0.15, 0.2) is 29.2 Å². The van der Waals surface area contributed by atoms with Crippen molar-refractivity contribution in [1.82, 2.24) is 0 Å². The first-order valence-corrected chi connectivity index (χ1v) is 4.76. The van der Waals surface area contributed by atoms with Crippen LogP contribution in [0, 0.1) is 11.8 Å². The van der Waals surface area contributed by atoms with Gasteiger partial charge in [-0.15, -0.1) is 0 Å². The smallest absolute Gasteiger partial charge is 0.382 e. The zero-order chi connectivity index (χ0) is 11.3. The molecule has 5 heteroatoms. The fraction of sp³-hybridized carbons (Fsp3) is 0.100. The zero-order valence-electron chi connectivity index (χ0n) is 7.41. The largest absolute Gasteiger partial charge is 0.472 e. The molecule has 1 N–H and O–H groups in total. The Balaban J connectivity index is 2.74. The molecule has 0 bridgehead atoms. The van der Waals surface area contributed by atoms with Crippen LogP contribution in [0.3, 0.4) is 0 Å². The van der Waals surface area contributed by atoms with Gasteiger partial charge in [-0.2, -0.15) is 8.78 Å². The van der Waals surface area contributed by atoms with Crippen molar-refractivity contribution in [3.63, 3.8) is 0 Å². The van der Waals surface area contributed by atoms with E-state index < -0.39 is 11.7 Å². The Bertz CT molecular complexity index is 404. The third-order valence-electron chi connectivity index (χ3n) is 1.39. The summed E-state index contributed by atoms with van der Waals surface area (Å²) >= 11 is 0.434. The van der Waals surface area contributed by atoms with Gasteiger partial charge < -0.3 is 5.11 Å². The maximum Gasteiger partial charge on any atom is 0.382 e. The molecule has 0 aliphatic rings. The van der Waals surface area contributed by atoms with Gasteiger partial charge in [0.15, 0.2) is 0 Å². The molecule has 0 atom stereocenters. The molecule has 1 rings (SSSR count). The molecule has 0 aliphatic carbocycles. The molecule has 0 heterocycles. The van der Waals surface area contributed by atoms with Gasteiger partial charge in [-0.05, 0) is 24.3 Å². The van der Waals surface area contributed by atoms with Crippen LogP contribution in [0.2, 0.25) is 0 Å². The van der Waals surface area contributed by atoms with Crippen LogP contribution < -0.4 is 0 Å². The fourth-order valence-corrected chi connectivity index (χ4v) is 1.34. The first kappa shape index (κ1) is 11.5. The molecule has 0 aromatic heterocycles. The van der Waals surface area contributed by atoms with Gasteiger partial charge in [0.05, 0.1) is 0 Å². The number of rotatable bonds is 2. The highest BCUT2D eigenvalue weighted by Gasteiger charge is 2.03. The molecule has 0 unspecified atom stereocenters. The summed E-state index contributed by atoms with van der Waals surface area (Å²) in [7, 11) is 0. The maximum atomic E-state index is 11.9. The lowest BCUT2D eigenvalue weighted by molar-refractivity contribution is -0.130. The highest BCUT2D eigenvalue weighted by atomic mass is 32.2. The van der Waals surface area contributed by atoms with E-state index in [1.54, 1.807) is 0 Å². The minimum absolute atomic E-state index is 0.422.